The molecule has 2 atom stereocenters. The second-order valence-corrected chi connectivity index (χ2v) is 4.72. The third kappa shape index (κ3) is 2.01. The topological polar surface area (TPSA) is 12.0 Å². The molecule has 88 valence electrons. The molecule has 1 N–H and O–H groups in total. The lowest BCUT2D eigenvalue weighted by molar-refractivity contribution is 0.338. The molecule has 2 bridgehead atoms. The maximum absolute atomic E-state index is 3.62. The maximum Gasteiger partial charge on any atom is 0.0113 e. The number of fused-ring (bicyclic) bond motifs is 4. The molecular formula is C15H23N. The zero-order valence-corrected chi connectivity index (χ0v) is 10.7. The summed E-state index contributed by atoms with van der Waals surface area (Å²) in [6, 6.07) is 7.56. The van der Waals surface area contributed by atoms with E-state index >= 15 is 0 Å². The molecule has 0 radical (unpaired) electrons. The number of hydrogen-bond acceptors (Lipinski definition) is 1. The second-order valence-electron chi connectivity index (χ2n) is 4.72. The van der Waals surface area contributed by atoms with Gasteiger partial charge in [-0.1, -0.05) is 32.0 Å². The molecule has 1 fully saturated rings. The van der Waals surface area contributed by atoms with Crippen LogP contribution in [0.3, 0.4) is 0 Å². The van der Waals surface area contributed by atoms with Crippen LogP contribution in [0.2, 0.25) is 0 Å². The Labute approximate surface area is 99.3 Å². The second kappa shape index (κ2) is 5.01. The van der Waals surface area contributed by atoms with Gasteiger partial charge in [0.25, 0.3) is 0 Å². The number of piperidine rings is 1. The van der Waals surface area contributed by atoms with Crippen molar-refractivity contribution in [2.75, 3.05) is 6.54 Å². The van der Waals surface area contributed by atoms with Crippen LogP contribution in [-0.4, -0.2) is 12.6 Å². The normalized spacial score (nSPS) is 26.4. The third-order valence-electron chi connectivity index (χ3n) is 3.83. The first-order valence-corrected chi connectivity index (χ1v) is 6.66. The molecule has 16 heavy (non-hydrogen) atoms. The highest BCUT2D eigenvalue weighted by Gasteiger charge is 2.30. The van der Waals surface area contributed by atoms with Gasteiger partial charge in [-0.05, 0) is 55.3 Å². The zero-order chi connectivity index (χ0) is 11.5. The van der Waals surface area contributed by atoms with Crippen molar-refractivity contribution in [3.05, 3.63) is 34.9 Å². The Hall–Kier alpha value is -0.820. The van der Waals surface area contributed by atoms with E-state index in [1.54, 1.807) is 11.1 Å². The van der Waals surface area contributed by atoms with Crippen molar-refractivity contribution in [2.45, 2.75) is 52.0 Å². The highest BCUT2D eigenvalue weighted by molar-refractivity contribution is 5.40. The number of nitrogens with one attached hydrogen (secondary N) is 1. The van der Waals surface area contributed by atoms with Gasteiger partial charge in [0.15, 0.2) is 0 Å². The monoisotopic (exact) mass is 217 g/mol. The molecule has 3 rings (SSSR count). The van der Waals surface area contributed by atoms with Crippen LogP contribution in [-0.2, 0) is 6.42 Å². The number of hydrogen-bond donors (Lipinski definition) is 1. The van der Waals surface area contributed by atoms with Gasteiger partial charge in [-0.25, -0.2) is 0 Å². The first kappa shape index (κ1) is 11.7. The summed E-state index contributed by atoms with van der Waals surface area (Å²) in [5.74, 6) is 0.838. The molecule has 0 aromatic heterocycles. The molecule has 1 heteroatoms. The molecule has 2 unspecified atom stereocenters. The van der Waals surface area contributed by atoms with Crippen molar-refractivity contribution in [3.8, 4) is 0 Å². The number of rotatable bonds is 0. The van der Waals surface area contributed by atoms with E-state index in [2.05, 4.69) is 30.4 Å². The van der Waals surface area contributed by atoms with E-state index in [0.717, 1.165) is 12.0 Å². The molecular weight excluding hydrogens is 194 g/mol. The molecule has 0 amide bonds. The molecule has 1 aromatic rings. The van der Waals surface area contributed by atoms with Gasteiger partial charge in [0.2, 0.25) is 0 Å². The van der Waals surface area contributed by atoms with Crippen molar-refractivity contribution in [1.82, 2.24) is 5.32 Å². The Bertz CT molecular complexity index is 356. The Morgan fingerprint density at radius 3 is 2.88 bits per heavy atom. The first-order chi connectivity index (χ1) is 7.84. The van der Waals surface area contributed by atoms with Crippen LogP contribution >= 0.6 is 0 Å². The van der Waals surface area contributed by atoms with Gasteiger partial charge in [0, 0.05) is 6.04 Å². The lowest BCUT2D eigenvalue weighted by Gasteiger charge is -2.37. The van der Waals surface area contributed by atoms with E-state index in [-0.39, 0.29) is 0 Å². The van der Waals surface area contributed by atoms with Gasteiger partial charge in [0.05, 0.1) is 0 Å². The van der Waals surface area contributed by atoms with Crippen molar-refractivity contribution < 1.29 is 0 Å². The van der Waals surface area contributed by atoms with Gasteiger partial charge >= 0.3 is 0 Å². The Balaban J connectivity index is 0.000000457. The largest absolute Gasteiger partial charge is 0.314 e. The highest BCUT2D eigenvalue weighted by Crippen LogP contribution is 2.37. The lowest BCUT2D eigenvalue weighted by Crippen LogP contribution is -2.42. The molecule has 1 saturated heterocycles. The molecule has 2 aliphatic rings. The van der Waals surface area contributed by atoms with Gasteiger partial charge in [0.1, 0.15) is 0 Å². The molecule has 0 spiro atoms. The van der Waals surface area contributed by atoms with Crippen molar-refractivity contribution in [3.63, 3.8) is 0 Å². The van der Waals surface area contributed by atoms with Crippen molar-refractivity contribution >= 4 is 0 Å². The molecule has 1 heterocycles. The van der Waals surface area contributed by atoms with Crippen molar-refractivity contribution in [1.29, 1.82) is 0 Å². The quantitative estimate of drug-likeness (QED) is 0.702. The van der Waals surface area contributed by atoms with E-state index in [0.29, 0.717) is 0 Å². The maximum atomic E-state index is 3.62. The first-order valence-electron chi connectivity index (χ1n) is 6.66. The van der Waals surface area contributed by atoms with E-state index in [1.165, 1.54) is 31.4 Å². The minimum absolute atomic E-state index is 0.752. The van der Waals surface area contributed by atoms with Crippen LogP contribution in [0.1, 0.15) is 49.3 Å². The Morgan fingerprint density at radius 1 is 1.25 bits per heavy atom. The average molecular weight is 217 g/mol. The van der Waals surface area contributed by atoms with Gasteiger partial charge in [-0.3, -0.25) is 0 Å². The lowest BCUT2D eigenvalue weighted by atomic mass is 9.75. The van der Waals surface area contributed by atoms with Crippen LogP contribution in [0.5, 0.6) is 0 Å². The van der Waals surface area contributed by atoms with Crippen molar-refractivity contribution in [2.24, 2.45) is 0 Å². The standard InChI is InChI=1S/C13H17N.C2H6/c1-9-3-2-4-12-10-5-6-14-11(7-10)8-13(9)12;1-2/h2-4,10-11,14H,5-8H2,1H3;1-2H3. The van der Waals surface area contributed by atoms with E-state index < -0.39 is 0 Å². The van der Waals surface area contributed by atoms with Crippen LogP contribution in [0.15, 0.2) is 18.2 Å². The minimum Gasteiger partial charge on any atom is -0.314 e. The fourth-order valence-electron chi connectivity index (χ4n) is 3.08. The summed E-state index contributed by atoms with van der Waals surface area (Å²) >= 11 is 0. The van der Waals surface area contributed by atoms with Gasteiger partial charge in [-0.15, -0.1) is 0 Å². The summed E-state index contributed by atoms with van der Waals surface area (Å²) in [7, 11) is 0. The summed E-state index contributed by atoms with van der Waals surface area (Å²) in [5, 5.41) is 3.62. The predicted octanol–water partition coefficient (Wildman–Crippen LogP) is 3.41. The molecule has 1 aliphatic carbocycles. The minimum atomic E-state index is 0.752. The van der Waals surface area contributed by atoms with Crippen LogP contribution in [0, 0.1) is 6.92 Å². The summed E-state index contributed by atoms with van der Waals surface area (Å²) in [4.78, 5) is 0. The Morgan fingerprint density at radius 2 is 2.06 bits per heavy atom. The predicted molar refractivity (Wildman–Crippen MR) is 70.0 cm³/mol. The number of benzene rings is 1. The highest BCUT2D eigenvalue weighted by atomic mass is 14.9. The van der Waals surface area contributed by atoms with Crippen LogP contribution < -0.4 is 5.32 Å². The van der Waals surface area contributed by atoms with Crippen LogP contribution in [0.25, 0.3) is 0 Å². The summed E-state index contributed by atoms with van der Waals surface area (Å²) in [6.07, 6.45) is 3.93. The van der Waals surface area contributed by atoms with E-state index in [9.17, 15) is 0 Å². The van der Waals surface area contributed by atoms with E-state index in [4.69, 9.17) is 0 Å². The molecule has 1 aromatic carbocycles. The summed E-state index contributed by atoms with van der Waals surface area (Å²) in [6.45, 7) is 7.46. The molecule has 1 nitrogen and oxygen atoms in total. The SMILES string of the molecule is CC.Cc1cccc2c1CC1CC2CCN1. The van der Waals surface area contributed by atoms with Crippen LogP contribution in [0.4, 0.5) is 0 Å². The molecule has 1 aliphatic heterocycles. The Kier molecular flexibility index (Phi) is 3.65. The summed E-state index contributed by atoms with van der Waals surface area (Å²) < 4.78 is 0. The molecule has 0 saturated carbocycles. The fraction of sp³-hybridized carbons (Fsp3) is 0.600. The number of aryl methyl sites for hydroxylation is 1. The summed E-state index contributed by atoms with van der Waals surface area (Å²) in [5.41, 5.74) is 4.75. The van der Waals surface area contributed by atoms with Gasteiger partial charge in [-0.2, -0.15) is 0 Å². The third-order valence-corrected chi connectivity index (χ3v) is 3.83. The smallest absolute Gasteiger partial charge is 0.0113 e. The average Bonchev–Trinajstić information content (AvgIpc) is 2.34. The van der Waals surface area contributed by atoms with Gasteiger partial charge < -0.3 is 5.32 Å². The van der Waals surface area contributed by atoms with E-state index in [1.807, 2.05) is 13.8 Å². The zero-order valence-electron chi connectivity index (χ0n) is 10.7. The fourth-order valence-corrected chi connectivity index (χ4v) is 3.08.